The average Bonchev–Trinajstić information content (AvgIpc) is 2.77. The second-order valence-electron chi connectivity index (χ2n) is 6.80. The van der Waals surface area contributed by atoms with E-state index in [1.165, 1.54) is 0 Å². The first kappa shape index (κ1) is 22.0. The third-order valence-electron chi connectivity index (χ3n) is 4.69. The third-order valence-corrected chi connectivity index (χ3v) is 6.09. The predicted molar refractivity (Wildman–Crippen MR) is 119 cm³/mol. The summed E-state index contributed by atoms with van der Waals surface area (Å²) in [4.78, 5) is 0.185. The molecule has 0 saturated heterocycles. The summed E-state index contributed by atoms with van der Waals surface area (Å²) in [5, 5.41) is 12.8. The van der Waals surface area contributed by atoms with Crippen LogP contribution in [0.1, 0.15) is 11.6 Å². The Hall–Kier alpha value is -2.71. The Morgan fingerprint density at radius 1 is 0.933 bits per heavy atom. The summed E-state index contributed by atoms with van der Waals surface area (Å²) in [6, 6.07) is 23.2. The molecule has 3 N–H and O–H groups in total. The van der Waals surface area contributed by atoms with Gasteiger partial charge in [-0.25, -0.2) is 8.42 Å². The van der Waals surface area contributed by atoms with E-state index in [4.69, 9.17) is 4.74 Å². The van der Waals surface area contributed by atoms with Crippen molar-refractivity contribution in [3.63, 3.8) is 0 Å². The molecular weight excluding hydrogens is 400 g/mol. The van der Waals surface area contributed by atoms with Crippen molar-refractivity contribution in [1.82, 2.24) is 5.32 Å². The number of aliphatic hydroxyl groups is 1. The fourth-order valence-electron chi connectivity index (χ4n) is 3.11. The van der Waals surface area contributed by atoms with E-state index in [0.29, 0.717) is 18.8 Å². The van der Waals surface area contributed by atoms with E-state index in [1.807, 2.05) is 36.4 Å². The SMILES string of the molecule is COCCNC(CO)c1cccc(NS(=O)(=O)c2ccc(-c3ccccc3)cc2)c1. The number of sulfonamides is 1. The maximum absolute atomic E-state index is 12.8. The summed E-state index contributed by atoms with van der Waals surface area (Å²) >= 11 is 0. The van der Waals surface area contributed by atoms with Crippen LogP contribution in [-0.2, 0) is 14.8 Å². The molecule has 0 aliphatic rings. The molecule has 158 valence electrons. The highest BCUT2D eigenvalue weighted by molar-refractivity contribution is 7.92. The quantitative estimate of drug-likeness (QED) is 0.433. The van der Waals surface area contributed by atoms with Gasteiger partial charge in [-0.15, -0.1) is 0 Å². The Bertz CT molecular complexity index is 1040. The number of aliphatic hydroxyl groups excluding tert-OH is 1. The standard InChI is InChI=1S/C23H26N2O4S/c1-29-15-14-24-23(17-26)20-8-5-9-21(16-20)25-30(27,28)22-12-10-19(11-13-22)18-6-3-2-4-7-18/h2-13,16,23-26H,14-15,17H2,1H3. The molecule has 0 aliphatic heterocycles. The Morgan fingerprint density at radius 2 is 1.63 bits per heavy atom. The number of nitrogens with one attached hydrogen (secondary N) is 2. The minimum absolute atomic E-state index is 0.110. The third kappa shape index (κ3) is 5.67. The van der Waals surface area contributed by atoms with Crippen LogP contribution in [0.25, 0.3) is 11.1 Å². The number of ether oxygens (including phenoxy) is 1. The molecule has 0 amide bonds. The zero-order chi connectivity index (χ0) is 21.4. The summed E-state index contributed by atoms with van der Waals surface area (Å²) in [6.45, 7) is 0.980. The fraction of sp³-hybridized carbons (Fsp3) is 0.217. The molecular formula is C23H26N2O4S. The highest BCUT2D eigenvalue weighted by atomic mass is 32.2. The monoisotopic (exact) mass is 426 g/mol. The number of benzene rings is 3. The van der Waals surface area contributed by atoms with Gasteiger partial charge < -0.3 is 15.2 Å². The maximum atomic E-state index is 12.8. The van der Waals surface area contributed by atoms with Crippen molar-refractivity contribution in [2.24, 2.45) is 0 Å². The summed E-state index contributed by atoms with van der Waals surface area (Å²) in [7, 11) is -2.13. The molecule has 6 nitrogen and oxygen atoms in total. The van der Waals surface area contributed by atoms with E-state index >= 15 is 0 Å². The molecule has 0 aliphatic carbocycles. The molecule has 3 rings (SSSR count). The van der Waals surface area contributed by atoms with Crippen molar-refractivity contribution in [2.75, 3.05) is 31.6 Å². The van der Waals surface area contributed by atoms with Gasteiger partial charge in [0.1, 0.15) is 0 Å². The minimum Gasteiger partial charge on any atom is -0.394 e. The lowest BCUT2D eigenvalue weighted by Crippen LogP contribution is -2.27. The van der Waals surface area contributed by atoms with Gasteiger partial charge in [0, 0.05) is 19.3 Å². The molecule has 0 bridgehead atoms. The van der Waals surface area contributed by atoms with Crippen LogP contribution in [0.15, 0.2) is 83.8 Å². The molecule has 1 atom stereocenters. The Morgan fingerprint density at radius 3 is 2.30 bits per heavy atom. The Labute approximate surface area is 177 Å². The van der Waals surface area contributed by atoms with Crippen LogP contribution in [0.5, 0.6) is 0 Å². The largest absolute Gasteiger partial charge is 0.394 e. The normalized spacial score (nSPS) is 12.5. The fourth-order valence-corrected chi connectivity index (χ4v) is 4.16. The second kappa shape index (κ2) is 10.4. The van der Waals surface area contributed by atoms with Gasteiger partial charge in [-0.05, 0) is 41.0 Å². The van der Waals surface area contributed by atoms with E-state index in [1.54, 1.807) is 49.6 Å². The van der Waals surface area contributed by atoms with Crippen LogP contribution >= 0.6 is 0 Å². The number of methoxy groups -OCH3 is 1. The van der Waals surface area contributed by atoms with Crippen molar-refractivity contribution in [3.05, 3.63) is 84.4 Å². The van der Waals surface area contributed by atoms with Crippen LogP contribution in [0.2, 0.25) is 0 Å². The first-order chi connectivity index (χ1) is 14.5. The highest BCUT2D eigenvalue weighted by Crippen LogP contribution is 2.24. The lowest BCUT2D eigenvalue weighted by Gasteiger charge is -2.18. The lowest BCUT2D eigenvalue weighted by atomic mass is 10.1. The van der Waals surface area contributed by atoms with E-state index in [0.717, 1.165) is 16.7 Å². The van der Waals surface area contributed by atoms with Crippen LogP contribution in [-0.4, -0.2) is 40.4 Å². The van der Waals surface area contributed by atoms with E-state index in [-0.39, 0.29) is 17.5 Å². The summed E-state index contributed by atoms with van der Waals surface area (Å²) in [5.74, 6) is 0. The summed E-state index contributed by atoms with van der Waals surface area (Å²) < 4.78 is 33.3. The second-order valence-corrected chi connectivity index (χ2v) is 8.49. The van der Waals surface area contributed by atoms with Gasteiger partial charge in [0.25, 0.3) is 10.0 Å². The van der Waals surface area contributed by atoms with Gasteiger partial charge in [-0.3, -0.25) is 4.72 Å². The van der Waals surface area contributed by atoms with Gasteiger partial charge >= 0.3 is 0 Å². The summed E-state index contributed by atoms with van der Waals surface area (Å²) in [6.07, 6.45) is 0. The molecule has 0 aromatic heterocycles. The Kier molecular flexibility index (Phi) is 7.59. The van der Waals surface area contributed by atoms with Crippen molar-refractivity contribution in [3.8, 4) is 11.1 Å². The molecule has 0 radical (unpaired) electrons. The van der Waals surface area contributed by atoms with Crippen LogP contribution in [0, 0.1) is 0 Å². The van der Waals surface area contributed by atoms with E-state index in [9.17, 15) is 13.5 Å². The van der Waals surface area contributed by atoms with Crippen molar-refractivity contribution >= 4 is 15.7 Å². The molecule has 7 heteroatoms. The van der Waals surface area contributed by atoms with Crippen LogP contribution < -0.4 is 10.0 Å². The van der Waals surface area contributed by atoms with E-state index < -0.39 is 10.0 Å². The average molecular weight is 427 g/mol. The van der Waals surface area contributed by atoms with Crippen LogP contribution in [0.4, 0.5) is 5.69 Å². The van der Waals surface area contributed by atoms with Crippen molar-refractivity contribution < 1.29 is 18.3 Å². The maximum Gasteiger partial charge on any atom is 0.261 e. The number of anilines is 1. The number of hydrogen-bond donors (Lipinski definition) is 3. The van der Waals surface area contributed by atoms with Gasteiger partial charge in [-0.1, -0.05) is 54.6 Å². The lowest BCUT2D eigenvalue weighted by molar-refractivity contribution is 0.184. The number of hydrogen-bond acceptors (Lipinski definition) is 5. The number of rotatable bonds is 10. The molecule has 0 fully saturated rings. The smallest absolute Gasteiger partial charge is 0.261 e. The molecule has 3 aromatic rings. The van der Waals surface area contributed by atoms with Gasteiger partial charge in [0.15, 0.2) is 0 Å². The Balaban J connectivity index is 1.75. The van der Waals surface area contributed by atoms with Gasteiger partial charge in [0.05, 0.1) is 24.2 Å². The van der Waals surface area contributed by atoms with Gasteiger partial charge in [0.2, 0.25) is 0 Å². The molecule has 1 unspecified atom stereocenters. The highest BCUT2D eigenvalue weighted by Gasteiger charge is 2.16. The summed E-state index contributed by atoms with van der Waals surface area (Å²) in [5.41, 5.74) is 3.20. The topological polar surface area (TPSA) is 87.7 Å². The van der Waals surface area contributed by atoms with Gasteiger partial charge in [-0.2, -0.15) is 0 Å². The van der Waals surface area contributed by atoms with Crippen molar-refractivity contribution in [2.45, 2.75) is 10.9 Å². The van der Waals surface area contributed by atoms with E-state index in [2.05, 4.69) is 10.0 Å². The van der Waals surface area contributed by atoms with Crippen molar-refractivity contribution in [1.29, 1.82) is 0 Å². The molecule has 0 saturated carbocycles. The first-order valence-electron chi connectivity index (χ1n) is 9.65. The van der Waals surface area contributed by atoms with Crippen LogP contribution in [0.3, 0.4) is 0 Å². The zero-order valence-corrected chi connectivity index (χ0v) is 17.6. The zero-order valence-electron chi connectivity index (χ0n) is 16.8. The molecule has 30 heavy (non-hydrogen) atoms. The first-order valence-corrected chi connectivity index (χ1v) is 11.1. The molecule has 3 aromatic carbocycles. The predicted octanol–water partition coefficient (Wildman–Crippen LogP) is 3.42. The molecule has 0 spiro atoms. The molecule has 0 heterocycles. The minimum atomic E-state index is -3.74.